The lowest BCUT2D eigenvalue weighted by Gasteiger charge is -2.36. The van der Waals surface area contributed by atoms with Crippen LogP contribution in [0, 0.1) is 12.7 Å². The van der Waals surface area contributed by atoms with Gasteiger partial charge in [0.2, 0.25) is 5.60 Å². The van der Waals surface area contributed by atoms with Gasteiger partial charge in [0, 0.05) is 6.42 Å². The highest BCUT2D eigenvalue weighted by Gasteiger charge is 2.50. The van der Waals surface area contributed by atoms with Gasteiger partial charge in [-0.2, -0.15) is 13.2 Å². The average molecular weight is 582 g/mol. The summed E-state index contributed by atoms with van der Waals surface area (Å²) < 4.78 is 91.9. The molecule has 1 atom stereocenters. The first-order valence-corrected chi connectivity index (χ1v) is 13.0. The highest BCUT2D eigenvalue weighted by Crippen LogP contribution is 2.40. The summed E-state index contributed by atoms with van der Waals surface area (Å²) in [6.45, 7) is 2.40. The monoisotopic (exact) mass is 581 g/mol. The molecule has 0 aromatic heterocycles. The maximum absolute atomic E-state index is 13.9. The van der Waals surface area contributed by atoms with Crippen LogP contribution in [0.3, 0.4) is 0 Å². The number of rotatable bonds is 8. The Morgan fingerprint density at radius 2 is 1.87 bits per heavy atom. The number of ether oxygens (including phenoxy) is 2. The molecule has 3 rings (SSSR count). The van der Waals surface area contributed by atoms with E-state index >= 15 is 0 Å². The summed E-state index contributed by atoms with van der Waals surface area (Å²) in [7, 11) is -4.47. The summed E-state index contributed by atoms with van der Waals surface area (Å²) in [5.74, 6) is -3.02. The molecular weight excluding hydrogens is 558 g/mol. The first-order chi connectivity index (χ1) is 17.4. The topological polar surface area (TPSA) is 110 Å². The van der Waals surface area contributed by atoms with Crippen molar-refractivity contribution in [2.45, 2.75) is 62.8 Å². The standard InChI is InChI=1S/C24H24ClF4NO7S/c1-13-8-20(16(25)11-17(13)26)38(34,35)30-12-15(5-7-21(31)32)36-19-6-4-14(9-18(19)30)10-22(33)37-23(2,3)24(27,28)29/h4,6,8-9,11,15H,5,7,10,12H2,1-3H3,(H,31,32)/t15-/m0/s1. The maximum Gasteiger partial charge on any atom is 0.427 e. The first kappa shape index (κ1) is 29.5. The van der Waals surface area contributed by atoms with E-state index in [9.17, 15) is 35.6 Å². The lowest BCUT2D eigenvalue weighted by Crippen LogP contribution is -2.44. The van der Waals surface area contributed by atoms with Crippen LogP contribution < -0.4 is 9.04 Å². The second kappa shape index (κ2) is 10.6. The number of sulfonamides is 1. The molecule has 14 heteroatoms. The van der Waals surface area contributed by atoms with Crippen molar-refractivity contribution < 1.29 is 50.1 Å². The number of halogens is 5. The third kappa shape index (κ3) is 6.32. The number of carboxylic acid groups (broad SMARTS) is 1. The minimum Gasteiger partial charge on any atom is -0.486 e. The molecule has 0 aliphatic carbocycles. The van der Waals surface area contributed by atoms with Gasteiger partial charge in [-0.15, -0.1) is 0 Å². The van der Waals surface area contributed by atoms with E-state index in [4.69, 9.17) is 21.4 Å². The van der Waals surface area contributed by atoms with Crippen LogP contribution in [0.4, 0.5) is 23.2 Å². The lowest BCUT2D eigenvalue weighted by atomic mass is 10.1. The zero-order chi connectivity index (χ0) is 28.6. The number of alkyl halides is 3. The smallest absolute Gasteiger partial charge is 0.427 e. The van der Waals surface area contributed by atoms with Gasteiger partial charge in [-0.3, -0.25) is 13.9 Å². The van der Waals surface area contributed by atoms with Gasteiger partial charge in [0.15, 0.2) is 0 Å². The SMILES string of the molecule is Cc1cc(S(=O)(=O)N2C[C@H](CCC(=O)O)Oc3ccc(CC(=O)OC(C)(C)C(F)(F)F)cc32)c(Cl)cc1F. The van der Waals surface area contributed by atoms with E-state index in [1.54, 1.807) is 0 Å². The van der Waals surface area contributed by atoms with Crippen molar-refractivity contribution in [1.29, 1.82) is 0 Å². The predicted octanol–water partition coefficient (Wildman–Crippen LogP) is 5.04. The third-order valence-corrected chi connectivity index (χ3v) is 8.06. The summed E-state index contributed by atoms with van der Waals surface area (Å²) in [5.41, 5.74) is -2.67. The summed E-state index contributed by atoms with van der Waals surface area (Å²) in [6.07, 6.45) is -6.66. The number of esters is 1. The van der Waals surface area contributed by atoms with Gasteiger partial charge in [0.1, 0.15) is 22.6 Å². The molecule has 0 amide bonds. The highest BCUT2D eigenvalue weighted by atomic mass is 35.5. The zero-order valence-corrected chi connectivity index (χ0v) is 22.0. The highest BCUT2D eigenvalue weighted by molar-refractivity contribution is 7.93. The first-order valence-electron chi connectivity index (χ1n) is 11.2. The van der Waals surface area contributed by atoms with Crippen molar-refractivity contribution in [2.24, 2.45) is 0 Å². The Morgan fingerprint density at radius 3 is 2.47 bits per heavy atom. The van der Waals surface area contributed by atoms with Crippen LogP contribution in [-0.4, -0.2) is 49.9 Å². The van der Waals surface area contributed by atoms with E-state index < -0.39 is 62.0 Å². The predicted molar refractivity (Wildman–Crippen MR) is 128 cm³/mol. The Bertz CT molecular complexity index is 1360. The van der Waals surface area contributed by atoms with E-state index in [2.05, 4.69) is 4.74 Å². The fourth-order valence-electron chi connectivity index (χ4n) is 3.62. The number of hydrogen-bond acceptors (Lipinski definition) is 6. The normalized spacial score (nSPS) is 16.0. The summed E-state index contributed by atoms with van der Waals surface area (Å²) >= 11 is 6.06. The molecule has 8 nitrogen and oxygen atoms in total. The van der Waals surface area contributed by atoms with Crippen molar-refractivity contribution in [1.82, 2.24) is 0 Å². The van der Waals surface area contributed by atoms with Crippen molar-refractivity contribution in [2.75, 3.05) is 10.8 Å². The molecule has 0 saturated carbocycles. The van der Waals surface area contributed by atoms with Crippen LogP contribution in [0.5, 0.6) is 5.75 Å². The van der Waals surface area contributed by atoms with E-state index in [1.807, 2.05) is 0 Å². The van der Waals surface area contributed by atoms with E-state index in [0.29, 0.717) is 13.8 Å². The molecule has 0 bridgehead atoms. The summed E-state index contributed by atoms with van der Waals surface area (Å²) in [5, 5.41) is 8.64. The summed E-state index contributed by atoms with van der Waals surface area (Å²) in [6, 6.07) is 5.81. The minimum absolute atomic E-state index is 0.00709. The number of carbonyl (C=O) groups excluding carboxylic acids is 1. The quantitative estimate of drug-likeness (QED) is 0.344. The fraction of sp³-hybridized carbons (Fsp3) is 0.417. The second-order valence-corrected chi connectivity index (χ2v) is 11.4. The molecule has 0 saturated heterocycles. The van der Waals surface area contributed by atoms with Crippen LogP contribution in [0.1, 0.15) is 37.8 Å². The van der Waals surface area contributed by atoms with Gasteiger partial charge >= 0.3 is 18.1 Å². The van der Waals surface area contributed by atoms with Crippen molar-refractivity contribution >= 4 is 39.3 Å². The van der Waals surface area contributed by atoms with Crippen molar-refractivity contribution in [3.8, 4) is 5.75 Å². The maximum atomic E-state index is 13.9. The molecule has 208 valence electrons. The number of carboxylic acids is 1. The van der Waals surface area contributed by atoms with Gasteiger partial charge in [-0.25, -0.2) is 12.8 Å². The number of fused-ring (bicyclic) bond motifs is 1. The lowest BCUT2D eigenvalue weighted by molar-refractivity contribution is -0.257. The van der Waals surface area contributed by atoms with Gasteiger partial charge in [0.25, 0.3) is 10.0 Å². The number of carbonyl (C=O) groups is 2. The van der Waals surface area contributed by atoms with Crippen LogP contribution in [-0.2, 0) is 30.8 Å². The molecule has 0 spiro atoms. The van der Waals surface area contributed by atoms with Crippen LogP contribution in [0.2, 0.25) is 5.02 Å². The Kier molecular flexibility index (Phi) is 8.23. The molecule has 38 heavy (non-hydrogen) atoms. The zero-order valence-electron chi connectivity index (χ0n) is 20.4. The second-order valence-electron chi connectivity index (χ2n) is 9.20. The molecule has 1 aliphatic rings. The Balaban J connectivity index is 2.01. The van der Waals surface area contributed by atoms with E-state index in [-0.39, 0.29) is 42.0 Å². The molecule has 2 aromatic carbocycles. The number of aliphatic carboxylic acids is 1. The number of benzene rings is 2. The molecule has 0 unspecified atom stereocenters. The fourth-order valence-corrected chi connectivity index (χ4v) is 5.70. The van der Waals surface area contributed by atoms with Gasteiger partial charge in [0.05, 0.1) is 23.7 Å². The van der Waals surface area contributed by atoms with Crippen LogP contribution in [0.15, 0.2) is 35.2 Å². The number of hydrogen-bond donors (Lipinski definition) is 1. The molecule has 1 heterocycles. The number of nitrogens with zero attached hydrogens (tertiary/aromatic N) is 1. The van der Waals surface area contributed by atoms with E-state index in [1.165, 1.54) is 25.1 Å². The van der Waals surface area contributed by atoms with Crippen molar-refractivity contribution in [3.05, 3.63) is 52.3 Å². The molecule has 1 aliphatic heterocycles. The molecule has 0 fully saturated rings. The van der Waals surface area contributed by atoms with Crippen LogP contribution in [0.25, 0.3) is 0 Å². The molecule has 2 aromatic rings. The Morgan fingerprint density at radius 1 is 1.21 bits per heavy atom. The third-order valence-electron chi connectivity index (χ3n) is 5.82. The number of aryl methyl sites for hydroxylation is 1. The minimum atomic E-state index is -4.81. The van der Waals surface area contributed by atoms with Crippen LogP contribution >= 0.6 is 11.6 Å². The van der Waals surface area contributed by atoms with Gasteiger partial charge < -0.3 is 14.6 Å². The Hall–Kier alpha value is -3.06. The average Bonchev–Trinajstić information content (AvgIpc) is 2.78. The molecule has 0 radical (unpaired) electrons. The van der Waals surface area contributed by atoms with Crippen molar-refractivity contribution in [3.63, 3.8) is 0 Å². The molecule has 1 N–H and O–H groups in total. The van der Waals surface area contributed by atoms with Gasteiger partial charge in [-0.05, 0) is 62.6 Å². The molecular formula is C24H24ClF4NO7S. The number of anilines is 1. The van der Waals surface area contributed by atoms with E-state index in [0.717, 1.165) is 16.4 Å². The largest absolute Gasteiger partial charge is 0.486 e. The van der Waals surface area contributed by atoms with Gasteiger partial charge in [-0.1, -0.05) is 17.7 Å². The Labute approximate surface area is 221 Å². The summed E-state index contributed by atoms with van der Waals surface area (Å²) in [4.78, 5) is 22.9.